The second kappa shape index (κ2) is 3.88. The molecule has 4 nitrogen and oxygen atoms in total. The number of carbonyl (C=O) groups excluding carboxylic acids is 1. The molecule has 1 amide bonds. The lowest BCUT2D eigenvalue weighted by Crippen LogP contribution is -2.28. The Bertz CT molecular complexity index is 385. The third-order valence-corrected chi connectivity index (χ3v) is 2.85. The molecular formula is C11H15N3O. The maximum absolute atomic E-state index is 11.6. The number of aryl methyl sites for hydroxylation is 1. The molecule has 0 radical (unpaired) electrons. The second-order valence-corrected chi connectivity index (χ2v) is 3.99. The van der Waals surface area contributed by atoms with E-state index in [1.54, 1.807) is 12.1 Å². The van der Waals surface area contributed by atoms with Crippen molar-refractivity contribution >= 4 is 17.4 Å². The third kappa shape index (κ3) is 2.09. The van der Waals surface area contributed by atoms with Gasteiger partial charge in [-0.05, 0) is 31.9 Å². The molecule has 1 heterocycles. The van der Waals surface area contributed by atoms with Crippen LogP contribution in [0.2, 0.25) is 0 Å². The number of nitrogen functional groups attached to an aromatic ring is 1. The minimum atomic E-state index is 0.0814. The quantitative estimate of drug-likeness (QED) is 0.772. The molecule has 3 N–H and O–H groups in total. The first-order valence-corrected chi connectivity index (χ1v) is 5.21. The molecule has 1 aliphatic rings. The lowest BCUT2D eigenvalue weighted by molar-refractivity contribution is -0.122. The van der Waals surface area contributed by atoms with Crippen LogP contribution in [-0.2, 0) is 4.79 Å². The van der Waals surface area contributed by atoms with Gasteiger partial charge in [0.05, 0.1) is 11.4 Å². The Morgan fingerprint density at radius 1 is 1.53 bits per heavy atom. The Kier molecular flexibility index (Phi) is 2.58. The van der Waals surface area contributed by atoms with Crippen molar-refractivity contribution < 1.29 is 4.79 Å². The number of hydrogen-bond acceptors (Lipinski definition) is 3. The average molecular weight is 205 g/mol. The normalized spacial score (nSPS) is 15.8. The number of carbonyl (C=O) groups is 1. The zero-order chi connectivity index (χ0) is 10.8. The van der Waals surface area contributed by atoms with Gasteiger partial charge in [0.25, 0.3) is 0 Å². The van der Waals surface area contributed by atoms with Crippen molar-refractivity contribution in [2.45, 2.75) is 26.2 Å². The first-order chi connectivity index (χ1) is 7.16. The number of amides is 1. The highest BCUT2D eigenvalue weighted by Gasteiger charge is 2.25. The van der Waals surface area contributed by atoms with Gasteiger partial charge in [-0.25, -0.2) is 4.98 Å². The minimum Gasteiger partial charge on any atom is -0.397 e. The Labute approximate surface area is 88.9 Å². The molecule has 0 atom stereocenters. The van der Waals surface area contributed by atoms with Gasteiger partial charge in [0.15, 0.2) is 0 Å². The Hall–Kier alpha value is -1.58. The molecule has 1 fully saturated rings. The summed E-state index contributed by atoms with van der Waals surface area (Å²) in [5, 5.41) is 2.81. The Morgan fingerprint density at radius 3 is 2.80 bits per heavy atom. The molecule has 1 saturated carbocycles. The van der Waals surface area contributed by atoms with Crippen LogP contribution in [0.5, 0.6) is 0 Å². The van der Waals surface area contributed by atoms with Crippen LogP contribution in [0.1, 0.15) is 25.0 Å². The number of anilines is 2. The van der Waals surface area contributed by atoms with Gasteiger partial charge in [0.1, 0.15) is 5.82 Å². The first kappa shape index (κ1) is 9.96. The Balaban J connectivity index is 2.03. The van der Waals surface area contributed by atoms with E-state index in [2.05, 4.69) is 10.3 Å². The van der Waals surface area contributed by atoms with Crippen LogP contribution in [0.15, 0.2) is 12.1 Å². The standard InChI is InChI=1S/C11H15N3O/c1-7-9(12)5-6-10(13-7)14-11(15)8-3-2-4-8/h5-6,8H,2-4,12H2,1H3,(H,13,14,15). The maximum Gasteiger partial charge on any atom is 0.228 e. The molecule has 0 aromatic carbocycles. The zero-order valence-electron chi connectivity index (χ0n) is 8.79. The SMILES string of the molecule is Cc1nc(NC(=O)C2CCC2)ccc1N. The van der Waals surface area contributed by atoms with E-state index in [1.807, 2.05) is 6.92 Å². The topological polar surface area (TPSA) is 68.0 Å². The van der Waals surface area contributed by atoms with E-state index >= 15 is 0 Å². The van der Waals surface area contributed by atoms with E-state index in [9.17, 15) is 4.79 Å². The predicted molar refractivity (Wildman–Crippen MR) is 59.4 cm³/mol. The molecule has 0 aliphatic heterocycles. The van der Waals surface area contributed by atoms with Crippen molar-refractivity contribution in [1.82, 2.24) is 4.98 Å². The van der Waals surface area contributed by atoms with Crippen LogP contribution in [0, 0.1) is 12.8 Å². The molecular weight excluding hydrogens is 190 g/mol. The number of aromatic nitrogens is 1. The minimum absolute atomic E-state index is 0.0814. The van der Waals surface area contributed by atoms with Crippen molar-refractivity contribution in [3.05, 3.63) is 17.8 Å². The van der Waals surface area contributed by atoms with Crippen molar-refractivity contribution in [2.24, 2.45) is 5.92 Å². The van der Waals surface area contributed by atoms with E-state index in [0.29, 0.717) is 11.5 Å². The van der Waals surface area contributed by atoms with Crippen molar-refractivity contribution in [1.29, 1.82) is 0 Å². The molecule has 1 aromatic rings. The van der Waals surface area contributed by atoms with Crippen LogP contribution in [0.25, 0.3) is 0 Å². The molecule has 2 rings (SSSR count). The second-order valence-electron chi connectivity index (χ2n) is 3.99. The van der Waals surface area contributed by atoms with Gasteiger partial charge in [-0.3, -0.25) is 4.79 Å². The fourth-order valence-corrected chi connectivity index (χ4v) is 1.54. The molecule has 80 valence electrons. The van der Waals surface area contributed by atoms with Crippen LogP contribution in [0.4, 0.5) is 11.5 Å². The number of nitrogens with one attached hydrogen (secondary N) is 1. The molecule has 0 saturated heterocycles. The van der Waals surface area contributed by atoms with Gasteiger partial charge >= 0.3 is 0 Å². The summed E-state index contributed by atoms with van der Waals surface area (Å²) in [6, 6.07) is 3.50. The molecule has 0 unspecified atom stereocenters. The number of pyridine rings is 1. The van der Waals surface area contributed by atoms with Crippen LogP contribution >= 0.6 is 0 Å². The van der Waals surface area contributed by atoms with Crippen LogP contribution in [-0.4, -0.2) is 10.9 Å². The number of rotatable bonds is 2. The van der Waals surface area contributed by atoms with Gasteiger partial charge in [0.2, 0.25) is 5.91 Å². The summed E-state index contributed by atoms with van der Waals surface area (Å²) >= 11 is 0. The summed E-state index contributed by atoms with van der Waals surface area (Å²) < 4.78 is 0. The summed E-state index contributed by atoms with van der Waals surface area (Å²) in [5.41, 5.74) is 7.04. The van der Waals surface area contributed by atoms with Crippen molar-refractivity contribution in [3.63, 3.8) is 0 Å². The largest absolute Gasteiger partial charge is 0.397 e. The zero-order valence-corrected chi connectivity index (χ0v) is 8.79. The molecule has 1 aliphatic carbocycles. The van der Waals surface area contributed by atoms with Gasteiger partial charge < -0.3 is 11.1 Å². The number of hydrogen-bond donors (Lipinski definition) is 2. The Morgan fingerprint density at radius 2 is 2.27 bits per heavy atom. The highest BCUT2D eigenvalue weighted by molar-refractivity contribution is 5.92. The number of nitrogens with zero attached hydrogens (tertiary/aromatic N) is 1. The van der Waals surface area contributed by atoms with E-state index in [1.165, 1.54) is 0 Å². The predicted octanol–water partition coefficient (Wildman–Crippen LogP) is 1.71. The third-order valence-electron chi connectivity index (χ3n) is 2.85. The molecule has 0 bridgehead atoms. The average Bonchev–Trinajstić information content (AvgIpc) is 2.08. The van der Waals surface area contributed by atoms with Gasteiger partial charge in [-0.1, -0.05) is 6.42 Å². The molecule has 0 spiro atoms. The lowest BCUT2D eigenvalue weighted by Gasteiger charge is -2.23. The highest BCUT2D eigenvalue weighted by atomic mass is 16.2. The monoisotopic (exact) mass is 205 g/mol. The van der Waals surface area contributed by atoms with Crippen LogP contribution < -0.4 is 11.1 Å². The summed E-state index contributed by atoms with van der Waals surface area (Å²) in [7, 11) is 0. The van der Waals surface area contributed by atoms with Crippen molar-refractivity contribution in [3.8, 4) is 0 Å². The smallest absolute Gasteiger partial charge is 0.228 e. The van der Waals surface area contributed by atoms with Gasteiger partial charge in [0, 0.05) is 5.92 Å². The summed E-state index contributed by atoms with van der Waals surface area (Å²) in [6.07, 6.45) is 3.16. The lowest BCUT2D eigenvalue weighted by atomic mass is 9.85. The summed E-state index contributed by atoms with van der Waals surface area (Å²) in [4.78, 5) is 15.8. The first-order valence-electron chi connectivity index (χ1n) is 5.21. The van der Waals surface area contributed by atoms with E-state index in [-0.39, 0.29) is 11.8 Å². The fraction of sp³-hybridized carbons (Fsp3) is 0.455. The van der Waals surface area contributed by atoms with E-state index in [4.69, 9.17) is 5.73 Å². The van der Waals surface area contributed by atoms with Gasteiger partial charge in [-0.2, -0.15) is 0 Å². The maximum atomic E-state index is 11.6. The fourth-order valence-electron chi connectivity index (χ4n) is 1.54. The molecule has 15 heavy (non-hydrogen) atoms. The van der Waals surface area contributed by atoms with E-state index < -0.39 is 0 Å². The van der Waals surface area contributed by atoms with Gasteiger partial charge in [-0.15, -0.1) is 0 Å². The number of nitrogens with two attached hydrogens (primary N) is 1. The van der Waals surface area contributed by atoms with Crippen LogP contribution in [0.3, 0.4) is 0 Å². The summed E-state index contributed by atoms with van der Waals surface area (Å²) in [5.74, 6) is 0.862. The molecule has 1 aromatic heterocycles. The van der Waals surface area contributed by atoms with Crippen molar-refractivity contribution in [2.75, 3.05) is 11.1 Å². The molecule has 4 heteroatoms. The summed E-state index contributed by atoms with van der Waals surface area (Å²) in [6.45, 7) is 1.83. The van der Waals surface area contributed by atoms with E-state index in [0.717, 1.165) is 25.0 Å². The highest BCUT2D eigenvalue weighted by Crippen LogP contribution is 2.27.